The van der Waals surface area contributed by atoms with Crippen LogP contribution in [-0.2, 0) is 32.7 Å². The van der Waals surface area contributed by atoms with Gasteiger partial charge >= 0.3 is 19.8 Å². The highest BCUT2D eigenvalue weighted by atomic mass is 31.2. The van der Waals surface area contributed by atoms with Gasteiger partial charge in [-0.2, -0.15) is 0 Å². The molecule has 0 aliphatic rings. The molecule has 3 atom stereocenters. The van der Waals surface area contributed by atoms with Crippen molar-refractivity contribution >= 4 is 19.8 Å². The number of phosphoric acid groups is 1. The van der Waals surface area contributed by atoms with Crippen molar-refractivity contribution in [2.75, 3.05) is 26.4 Å². The molecule has 0 saturated heterocycles. The molecule has 0 aliphatic carbocycles. The minimum Gasteiger partial charge on any atom is -0.480 e. The van der Waals surface area contributed by atoms with Gasteiger partial charge in [-0.25, -0.2) is 4.57 Å². The molecule has 0 spiro atoms. The third kappa shape index (κ3) is 37.0. The maximum atomic E-state index is 12.6. The summed E-state index contributed by atoms with van der Waals surface area (Å²) in [7, 11) is -4.61. The monoisotopic (exact) mass is 762 g/mol. The summed E-state index contributed by atoms with van der Waals surface area (Å²) in [6, 6.07) is -1.47. The first kappa shape index (κ1) is 50.7. The van der Waals surface area contributed by atoms with E-state index >= 15 is 0 Å². The summed E-state index contributed by atoms with van der Waals surface area (Å²) in [4.78, 5) is 33.4. The molecule has 0 aliphatic heterocycles. The van der Waals surface area contributed by atoms with Crippen molar-refractivity contribution in [2.24, 2.45) is 5.73 Å². The summed E-state index contributed by atoms with van der Waals surface area (Å²) in [5, 5.41) is 8.88. The minimum absolute atomic E-state index is 0.0201. The molecule has 0 aromatic heterocycles. The first-order valence-corrected chi connectivity index (χ1v) is 22.7. The van der Waals surface area contributed by atoms with E-state index in [9.17, 15) is 19.0 Å². The fraction of sp³-hybridized carbons (Fsp3) is 0.902. The summed E-state index contributed by atoms with van der Waals surface area (Å²) in [6.45, 7) is 3.88. The Kier molecular flexibility index (Phi) is 37.1. The van der Waals surface area contributed by atoms with Gasteiger partial charge < -0.3 is 25.2 Å². The topological polar surface area (TPSA) is 155 Å². The molecule has 52 heavy (non-hydrogen) atoms. The number of allylic oxidation sites excluding steroid dienone is 2. The zero-order valence-corrected chi connectivity index (χ0v) is 34.3. The molecule has 0 aromatic rings. The molecule has 308 valence electrons. The molecule has 0 bridgehead atoms. The minimum atomic E-state index is -4.61. The van der Waals surface area contributed by atoms with Crippen molar-refractivity contribution in [1.82, 2.24) is 0 Å². The van der Waals surface area contributed by atoms with Crippen LogP contribution >= 0.6 is 7.82 Å². The summed E-state index contributed by atoms with van der Waals surface area (Å²) < 4.78 is 33.3. The number of phosphoric ester groups is 1. The van der Waals surface area contributed by atoms with Crippen molar-refractivity contribution in [3.63, 3.8) is 0 Å². The van der Waals surface area contributed by atoms with Crippen molar-refractivity contribution in [2.45, 2.75) is 212 Å². The van der Waals surface area contributed by atoms with Crippen LogP contribution in [0.3, 0.4) is 0 Å². The molecule has 0 heterocycles. The molecule has 0 rings (SSSR count). The number of ether oxygens (including phenoxy) is 2. The van der Waals surface area contributed by atoms with Crippen LogP contribution < -0.4 is 5.73 Å². The van der Waals surface area contributed by atoms with Gasteiger partial charge in [0.05, 0.1) is 19.8 Å². The van der Waals surface area contributed by atoms with Crippen LogP contribution in [-0.4, -0.2) is 60.5 Å². The molecular formula is C41H80NO9P. The Morgan fingerprint density at radius 3 is 1.46 bits per heavy atom. The Morgan fingerprint density at radius 1 is 0.596 bits per heavy atom. The molecule has 10 nitrogen and oxygen atoms in total. The molecule has 11 heteroatoms. The molecule has 0 aromatic carbocycles. The lowest BCUT2D eigenvalue weighted by atomic mass is 10.0. The fourth-order valence-electron chi connectivity index (χ4n) is 5.95. The van der Waals surface area contributed by atoms with E-state index in [2.05, 4.69) is 26.0 Å². The maximum absolute atomic E-state index is 12.6. The van der Waals surface area contributed by atoms with Crippen molar-refractivity contribution < 1.29 is 42.7 Å². The lowest BCUT2D eigenvalue weighted by Crippen LogP contribution is -2.34. The lowest BCUT2D eigenvalue weighted by Gasteiger charge is -2.20. The maximum Gasteiger partial charge on any atom is 0.472 e. The van der Waals surface area contributed by atoms with Crippen molar-refractivity contribution in [3.05, 3.63) is 12.2 Å². The molecule has 4 N–H and O–H groups in total. The average molecular weight is 762 g/mol. The van der Waals surface area contributed by atoms with Crippen LogP contribution in [0.5, 0.6) is 0 Å². The number of rotatable bonds is 41. The summed E-state index contributed by atoms with van der Waals surface area (Å²) in [5.41, 5.74) is 5.35. The van der Waals surface area contributed by atoms with Crippen LogP contribution in [0.1, 0.15) is 200 Å². The van der Waals surface area contributed by atoms with Gasteiger partial charge in [0.15, 0.2) is 0 Å². The van der Waals surface area contributed by atoms with Gasteiger partial charge in [-0.1, -0.05) is 167 Å². The van der Waals surface area contributed by atoms with Gasteiger partial charge in [-0.3, -0.25) is 18.6 Å². The van der Waals surface area contributed by atoms with Gasteiger partial charge in [0.2, 0.25) is 0 Å². The van der Waals surface area contributed by atoms with E-state index in [-0.39, 0.29) is 13.0 Å². The number of carboxylic acids is 1. The van der Waals surface area contributed by atoms with Gasteiger partial charge in [0, 0.05) is 13.0 Å². The number of unbranched alkanes of at least 4 members (excludes halogenated alkanes) is 25. The number of hydrogen-bond donors (Lipinski definition) is 3. The Hall–Kier alpha value is -1.29. The van der Waals surface area contributed by atoms with Crippen LogP contribution in [0.15, 0.2) is 12.2 Å². The first-order chi connectivity index (χ1) is 25.2. The summed E-state index contributed by atoms with van der Waals surface area (Å²) in [6.07, 6.45) is 38.3. The van der Waals surface area contributed by atoms with Gasteiger partial charge in [-0.15, -0.1) is 0 Å². The van der Waals surface area contributed by atoms with E-state index in [0.717, 1.165) is 38.5 Å². The van der Waals surface area contributed by atoms with Crippen molar-refractivity contribution in [3.8, 4) is 0 Å². The predicted molar refractivity (Wildman–Crippen MR) is 212 cm³/mol. The lowest BCUT2D eigenvalue weighted by molar-refractivity contribution is -0.154. The second-order valence-corrected chi connectivity index (χ2v) is 15.9. The largest absolute Gasteiger partial charge is 0.480 e. The van der Waals surface area contributed by atoms with Gasteiger partial charge in [-0.05, 0) is 38.5 Å². The summed E-state index contributed by atoms with van der Waals surface area (Å²) in [5.74, 6) is -1.77. The molecular weight excluding hydrogens is 681 g/mol. The van der Waals surface area contributed by atoms with E-state index in [1.54, 1.807) is 0 Å². The molecule has 0 fully saturated rings. The van der Waals surface area contributed by atoms with E-state index < -0.39 is 45.1 Å². The SMILES string of the molecule is CCCCCCCC/C=C\CCCCCCCCCCOCC(COP(=O)(O)OCC(N)C(=O)O)OC(=O)CCCCCCCCCCCCCC. The zero-order chi connectivity index (χ0) is 38.4. The summed E-state index contributed by atoms with van der Waals surface area (Å²) >= 11 is 0. The van der Waals surface area contributed by atoms with Crippen LogP contribution in [0, 0.1) is 0 Å². The molecule has 0 radical (unpaired) electrons. The predicted octanol–water partition coefficient (Wildman–Crippen LogP) is 11.4. The number of carbonyl (C=O) groups excluding carboxylic acids is 1. The van der Waals surface area contributed by atoms with Crippen LogP contribution in [0.2, 0.25) is 0 Å². The number of nitrogens with two attached hydrogens (primary N) is 1. The average Bonchev–Trinajstić information content (AvgIpc) is 3.12. The first-order valence-electron chi connectivity index (χ1n) is 21.2. The molecule has 3 unspecified atom stereocenters. The fourth-order valence-corrected chi connectivity index (χ4v) is 6.73. The van der Waals surface area contributed by atoms with Crippen LogP contribution in [0.4, 0.5) is 0 Å². The number of hydrogen-bond acceptors (Lipinski definition) is 8. The van der Waals surface area contributed by atoms with Gasteiger partial charge in [0.1, 0.15) is 12.1 Å². The van der Waals surface area contributed by atoms with E-state index in [1.165, 1.54) is 141 Å². The highest BCUT2D eigenvalue weighted by molar-refractivity contribution is 7.47. The number of esters is 1. The quantitative estimate of drug-likeness (QED) is 0.0237. The van der Waals surface area contributed by atoms with E-state index in [0.29, 0.717) is 6.61 Å². The third-order valence-corrected chi connectivity index (χ3v) is 10.2. The zero-order valence-electron chi connectivity index (χ0n) is 33.4. The van der Waals surface area contributed by atoms with E-state index in [1.807, 2.05) is 0 Å². The Labute approximate surface area is 318 Å². The number of aliphatic carboxylic acids is 1. The Morgan fingerprint density at radius 2 is 1.00 bits per heavy atom. The Bertz CT molecular complexity index is 888. The highest BCUT2D eigenvalue weighted by Gasteiger charge is 2.27. The number of carboxylic acid groups (broad SMARTS) is 1. The van der Waals surface area contributed by atoms with Gasteiger partial charge in [0.25, 0.3) is 0 Å². The third-order valence-electron chi connectivity index (χ3n) is 9.29. The van der Waals surface area contributed by atoms with Crippen LogP contribution in [0.25, 0.3) is 0 Å². The number of carbonyl (C=O) groups is 2. The Balaban J connectivity index is 4.20. The molecule has 0 saturated carbocycles. The normalized spacial score (nSPS) is 14.1. The smallest absolute Gasteiger partial charge is 0.472 e. The second kappa shape index (κ2) is 38.0. The molecule has 0 amide bonds. The second-order valence-electron chi connectivity index (χ2n) is 14.5. The highest BCUT2D eigenvalue weighted by Crippen LogP contribution is 2.43. The standard InChI is InChI=1S/C41H80NO9P/c1-3-5-7-9-11-13-15-17-18-19-20-21-22-24-26-28-30-32-34-48-35-38(36-49-52(46,47)50-37-39(42)41(44)45)51-40(43)33-31-29-27-25-23-16-14-12-10-8-6-4-2/h17-18,38-39H,3-16,19-37,42H2,1-2H3,(H,44,45)(H,46,47)/b18-17-. The van der Waals surface area contributed by atoms with Crippen molar-refractivity contribution in [1.29, 1.82) is 0 Å². The van der Waals surface area contributed by atoms with E-state index in [4.69, 9.17) is 29.4 Å².